The van der Waals surface area contributed by atoms with Crippen LogP contribution in [-0.4, -0.2) is 36.6 Å². The normalized spacial score (nSPS) is 18.0. The Morgan fingerprint density at radius 1 is 1.56 bits per heavy atom. The monoisotopic (exact) mass is 239 g/mol. The summed E-state index contributed by atoms with van der Waals surface area (Å²) in [5.74, 6) is 0.791. The van der Waals surface area contributed by atoms with Gasteiger partial charge in [-0.3, -0.25) is 0 Å². The van der Waals surface area contributed by atoms with E-state index in [1.54, 1.807) is 0 Å². The van der Waals surface area contributed by atoms with Gasteiger partial charge in [-0.25, -0.2) is 4.98 Å². The quantitative estimate of drug-likeness (QED) is 0.823. The van der Waals surface area contributed by atoms with E-state index < -0.39 is 0 Å². The molecule has 1 aromatic rings. The molecule has 1 aromatic heterocycles. The van der Waals surface area contributed by atoms with Gasteiger partial charge in [-0.1, -0.05) is 0 Å². The Hall–Kier alpha value is -0.450. The van der Waals surface area contributed by atoms with Crippen LogP contribution in [0.4, 0.5) is 0 Å². The summed E-state index contributed by atoms with van der Waals surface area (Å²) in [6.45, 7) is 4.22. The number of thiazole rings is 1. The molecule has 0 aliphatic heterocycles. The molecular formula is C12H21N3S. The second kappa shape index (κ2) is 5.25. The molecule has 0 saturated heterocycles. The Labute approximate surface area is 102 Å². The van der Waals surface area contributed by atoms with Gasteiger partial charge in [0.1, 0.15) is 0 Å². The minimum Gasteiger partial charge on any atom is -0.310 e. The fourth-order valence-electron chi connectivity index (χ4n) is 1.51. The molecule has 90 valence electrons. The first kappa shape index (κ1) is 12.0. The lowest BCUT2D eigenvalue weighted by molar-refractivity contribution is 0.303. The van der Waals surface area contributed by atoms with Crippen LogP contribution in [-0.2, 0) is 6.54 Å². The second-order valence-corrected chi connectivity index (χ2v) is 6.03. The third-order valence-corrected chi connectivity index (χ3v) is 4.28. The van der Waals surface area contributed by atoms with E-state index in [2.05, 4.69) is 36.2 Å². The van der Waals surface area contributed by atoms with Gasteiger partial charge in [0.15, 0.2) is 0 Å². The van der Waals surface area contributed by atoms with E-state index in [4.69, 9.17) is 0 Å². The number of nitrogens with zero attached hydrogens (tertiary/aromatic N) is 2. The molecule has 2 rings (SSSR count). The van der Waals surface area contributed by atoms with Crippen LogP contribution < -0.4 is 5.32 Å². The van der Waals surface area contributed by atoms with Crippen LogP contribution in [0.15, 0.2) is 6.20 Å². The highest BCUT2D eigenvalue weighted by molar-refractivity contribution is 7.11. The number of hydrogen-bond acceptors (Lipinski definition) is 4. The summed E-state index contributed by atoms with van der Waals surface area (Å²) in [6, 6.07) is 0.579. The Morgan fingerprint density at radius 3 is 2.94 bits per heavy atom. The molecule has 4 heteroatoms. The molecule has 16 heavy (non-hydrogen) atoms. The molecule has 1 unspecified atom stereocenters. The zero-order chi connectivity index (χ0) is 11.5. The van der Waals surface area contributed by atoms with Gasteiger partial charge in [-0.05, 0) is 33.9 Å². The zero-order valence-electron chi connectivity index (χ0n) is 10.4. The first-order valence-corrected chi connectivity index (χ1v) is 6.80. The van der Waals surface area contributed by atoms with Gasteiger partial charge in [-0.2, -0.15) is 0 Å². The minimum atomic E-state index is 0.579. The number of hydrogen-bond donors (Lipinski definition) is 1. The van der Waals surface area contributed by atoms with Gasteiger partial charge in [0.2, 0.25) is 0 Å². The number of aromatic nitrogens is 1. The molecule has 1 heterocycles. The maximum atomic E-state index is 4.48. The first-order chi connectivity index (χ1) is 7.66. The second-order valence-electron chi connectivity index (χ2n) is 4.88. The molecule has 0 bridgehead atoms. The maximum Gasteiger partial charge on any atom is 0.0959 e. The van der Waals surface area contributed by atoms with E-state index in [0.717, 1.165) is 19.0 Å². The van der Waals surface area contributed by atoms with E-state index >= 15 is 0 Å². The average molecular weight is 239 g/mol. The summed E-state index contributed by atoms with van der Waals surface area (Å²) in [6.07, 6.45) is 4.72. The molecule has 0 amide bonds. The van der Waals surface area contributed by atoms with Crippen LogP contribution in [0, 0.1) is 0 Å². The van der Waals surface area contributed by atoms with Crippen molar-refractivity contribution in [2.24, 2.45) is 0 Å². The number of likely N-dealkylation sites (N-methyl/N-ethyl adjacent to an activating group) is 1. The van der Waals surface area contributed by atoms with Crippen molar-refractivity contribution < 1.29 is 0 Å². The molecule has 0 spiro atoms. The predicted octanol–water partition coefficient (Wildman–Crippen LogP) is 2.06. The summed E-state index contributed by atoms with van der Waals surface area (Å²) < 4.78 is 0. The standard InChI is InChI=1S/C12H21N3S/c1-9(15(2)3)6-13-7-11-8-14-12(16-11)10-4-5-10/h8-10,13H,4-7H2,1-3H3. The van der Waals surface area contributed by atoms with Crippen LogP contribution in [0.1, 0.15) is 35.6 Å². The lowest BCUT2D eigenvalue weighted by Crippen LogP contribution is -2.34. The number of nitrogens with one attached hydrogen (secondary N) is 1. The van der Waals surface area contributed by atoms with Crippen LogP contribution in [0.25, 0.3) is 0 Å². The summed E-state index contributed by atoms with van der Waals surface area (Å²) in [5.41, 5.74) is 0. The van der Waals surface area contributed by atoms with Crippen molar-refractivity contribution in [2.75, 3.05) is 20.6 Å². The van der Waals surface area contributed by atoms with Crippen molar-refractivity contribution in [3.63, 3.8) is 0 Å². The maximum absolute atomic E-state index is 4.48. The van der Waals surface area contributed by atoms with E-state index in [1.165, 1.54) is 22.7 Å². The van der Waals surface area contributed by atoms with E-state index in [9.17, 15) is 0 Å². The van der Waals surface area contributed by atoms with Gasteiger partial charge in [0.25, 0.3) is 0 Å². The molecule has 0 radical (unpaired) electrons. The molecule has 1 saturated carbocycles. The summed E-state index contributed by atoms with van der Waals surface area (Å²) >= 11 is 1.88. The van der Waals surface area contributed by atoms with Crippen molar-refractivity contribution in [1.29, 1.82) is 0 Å². The van der Waals surface area contributed by atoms with Gasteiger partial charge in [0.05, 0.1) is 5.01 Å². The van der Waals surface area contributed by atoms with Crippen molar-refractivity contribution in [1.82, 2.24) is 15.2 Å². The molecule has 3 nitrogen and oxygen atoms in total. The topological polar surface area (TPSA) is 28.2 Å². The lowest BCUT2D eigenvalue weighted by Gasteiger charge is -2.19. The van der Waals surface area contributed by atoms with Crippen LogP contribution >= 0.6 is 11.3 Å². The zero-order valence-corrected chi connectivity index (χ0v) is 11.2. The first-order valence-electron chi connectivity index (χ1n) is 5.98. The Morgan fingerprint density at radius 2 is 2.31 bits per heavy atom. The van der Waals surface area contributed by atoms with Crippen molar-refractivity contribution in [3.8, 4) is 0 Å². The summed E-state index contributed by atoms with van der Waals surface area (Å²) in [4.78, 5) is 8.08. The molecule has 1 atom stereocenters. The third-order valence-electron chi connectivity index (χ3n) is 3.12. The number of rotatable bonds is 6. The van der Waals surface area contributed by atoms with Gasteiger partial charge in [-0.15, -0.1) is 11.3 Å². The average Bonchev–Trinajstić information content (AvgIpc) is 2.99. The molecule has 1 aliphatic carbocycles. The Kier molecular flexibility index (Phi) is 3.95. The highest BCUT2D eigenvalue weighted by atomic mass is 32.1. The Bertz CT molecular complexity index is 331. The van der Waals surface area contributed by atoms with E-state index in [0.29, 0.717) is 6.04 Å². The van der Waals surface area contributed by atoms with Crippen LogP contribution in [0.2, 0.25) is 0 Å². The molecule has 1 fully saturated rings. The van der Waals surface area contributed by atoms with Crippen LogP contribution in [0.5, 0.6) is 0 Å². The highest BCUT2D eigenvalue weighted by Crippen LogP contribution is 2.41. The lowest BCUT2D eigenvalue weighted by atomic mass is 10.3. The van der Waals surface area contributed by atoms with Gasteiger partial charge < -0.3 is 10.2 Å². The van der Waals surface area contributed by atoms with Crippen molar-refractivity contribution >= 4 is 11.3 Å². The largest absolute Gasteiger partial charge is 0.310 e. The molecule has 0 aromatic carbocycles. The third kappa shape index (κ3) is 3.27. The minimum absolute atomic E-state index is 0.579. The van der Waals surface area contributed by atoms with Gasteiger partial charge in [0, 0.05) is 36.1 Å². The highest BCUT2D eigenvalue weighted by Gasteiger charge is 2.26. The van der Waals surface area contributed by atoms with Crippen molar-refractivity contribution in [3.05, 3.63) is 16.1 Å². The van der Waals surface area contributed by atoms with E-state index in [-0.39, 0.29) is 0 Å². The fraction of sp³-hybridized carbons (Fsp3) is 0.750. The SMILES string of the molecule is CC(CNCc1cnc(C2CC2)s1)N(C)C. The molecule has 1 aliphatic rings. The van der Waals surface area contributed by atoms with Crippen molar-refractivity contribution in [2.45, 2.75) is 38.3 Å². The fourth-order valence-corrected chi connectivity index (χ4v) is 2.57. The van der Waals surface area contributed by atoms with E-state index in [1.807, 2.05) is 17.5 Å². The van der Waals surface area contributed by atoms with Gasteiger partial charge >= 0.3 is 0 Å². The van der Waals surface area contributed by atoms with Crippen LogP contribution in [0.3, 0.4) is 0 Å². The summed E-state index contributed by atoms with van der Waals surface area (Å²) in [7, 11) is 4.23. The summed E-state index contributed by atoms with van der Waals surface area (Å²) in [5, 5.41) is 4.83. The molecular weight excluding hydrogens is 218 g/mol. The smallest absolute Gasteiger partial charge is 0.0959 e. The Balaban J connectivity index is 1.72. The predicted molar refractivity (Wildman–Crippen MR) is 68.9 cm³/mol. The molecule has 1 N–H and O–H groups in total.